The highest BCUT2D eigenvalue weighted by Crippen LogP contribution is 2.24. The summed E-state index contributed by atoms with van der Waals surface area (Å²) in [5.74, 6) is 0. The Labute approximate surface area is 132 Å². The van der Waals surface area contributed by atoms with E-state index in [-0.39, 0.29) is 0 Å². The quantitative estimate of drug-likeness (QED) is 0.941. The van der Waals surface area contributed by atoms with Crippen molar-refractivity contribution in [3.63, 3.8) is 0 Å². The van der Waals surface area contributed by atoms with Crippen molar-refractivity contribution in [1.29, 1.82) is 0 Å². The lowest BCUT2D eigenvalue weighted by Crippen LogP contribution is -2.45. The van der Waals surface area contributed by atoms with E-state index in [0.717, 1.165) is 31.9 Å². The molecule has 2 aromatic heterocycles. The van der Waals surface area contributed by atoms with Crippen molar-refractivity contribution >= 4 is 0 Å². The summed E-state index contributed by atoms with van der Waals surface area (Å²) < 4.78 is 2.06. The van der Waals surface area contributed by atoms with Gasteiger partial charge in [0.05, 0.1) is 5.69 Å². The highest BCUT2D eigenvalue weighted by Gasteiger charge is 2.24. The molecule has 5 heteroatoms. The van der Waals surface area contributed by atoms with Crippen molar-refractivity contribution in [2.24, 2.45) is 0 Å². The molecule has 3 heterocycles. The zero-order chi connectivity index (χ0) is 15.5. The van der Waals surface area contributed by atoms with Crippen molar-refractivity contribution in [3.05, 3.63) is 47.5 Å². The van der Waals surface area contributed by atoms with Gasteiger partial charge in [-0.25, -0.2) is 0 Å². The van der Waals surface area contributed by atoms with E-state index < -0.39 is 0 Å². The molecule has 1 atom stereocenters. The van der Waals surface area contributed by atoms with Gasteiger partial charge in [0.1, 0.15) is 0 Å². The van der Waals surface area contributed by atoms with E-state index in [1.807, 2.05) is 12.4 Å². The molecule has 1 N–H and O–H groups in total. The SMILES string of the molecule is Cc1nn(C(C)C)cc1CN1CCNCC1c1ccncc1. The molecule has 0 radical (unpaired) electrons. The maximum atomic E-state index is 4.64. The molecule has 1 saturated heterocycles. The molecular formula is C17H25N5. The summed E-state index contributed by atoms with van der Waals surface area (Å²) in [5.41, 5.74) is 3.80. The molecule has 0 amide bonds. The minimum absolute atomic E-state index is 0.401. The minimum atomic E-state index is 0.401. The van der Waals surface area contributed by atoms with Crippen LogP contribution in [-0.4, -0.2) is 39.3 Å². The molecule has 118 valence electrons. The van der Waals surface area contributed by atoms with Gasteiger partial charge in [0.15, 0.2) is 0 Å². The lowest BCUT2D eigenvalue weighted by molar-refractivity contribution is 0.153. The molecule has 2 aromatic rings. The van der Waals surface area contributed by atoms with Gasteiger partial charge in [0.25, 0.3) is 0 Å². The molecule has 1 fully saturated rings. The Balaban J connectivity index is 1.80. The number of piperazine rings is 1. The van der Waals surface area contributed by atoms with Crippen molar-refractivity contribution in [2.45, 2.75) is 39.4 Å². The van der Waals surface area contributed by atoms with E-state index in [1.165, 1.54) is 11.1 Å². The summed E-state index contributed by atoms with van der Waals surface area (Å²) in [6.45, 7) is 10.5. The molecule has 5 nitrogen and oxygen atoms in total. The van der Waals surface area contributed by atoms with Crippen LogP contribution in [0.1, 0.15) is 42.8 Å². The molecule has 22 heavy (non-hydrogen) atoms. The third-order valence-electron chi connectivity index (χ3n) is 4.37. The van der Waals surface area contributed by atoms with Crippen LogP contribution in [0.2, 0.25) is 0 Å². The second-order valence-electron chi connectivity index (χ2n) is 6.28. The zero-order valence-corrected chi connectivity index (χ0v) is 13.7. The highest BCUT2D eigenvalue weighted by atomic mass is 15.3. The second kappa shape index (κ2) is 6.58. The van der Waals surface area contributed by atoms with Gasteiger partial charge in [0.2, 0.25) is 0 Å². The van der Waals surface area contributed by atoms with Gasteiger partial charge >= 0.3 is 0 Å². The van der Waals surface area contributed by atoms with Crippen LogP contribution in [0.5, 0.6) is 0 Å². The molecule has 1 aliphatic rings. The fourth-order valence-corrected chi connectivity index (χ4v) is 3.01. The highest BCUT2D eigenvalue weighted by molar-refractivity contribution is 5.20. The Hall–Kier alpha value is -1.72. The summed E-state index contributed by atoms with van der Waals surface area (Å²) in [5, 5.41) is 8.14. The Morgan fingerprint density at radius 3 is 2.77 bits per heavy atom. The van der Waals surface area contributed by atoms with Gasteiger partial charge in [-0.05, 0) is 38.5 Å². The van der Waals surface area contributed by atoms with Crippen LogP contribution in [0, 0.1) is 6.92 Å². The first-order valence-corrected chi connectivity index (χ1v) is 8.04. The van der Waals surface area contributed by atoms with Crippen LogP contribution in [0.25, 0.3) is 0 Å². The summed E-state index contributed by atoms with van der Waals surface area (Å²) in [4.78, 5) is 6.68. The van der Waals surface area contributed by atoms with Gasteiger partial charge < -0.3 is 5.32 Å². The summed E-state index contributed by atoms with van der Waals surface area (Å²) in [6, 6.07) is 5.05. The molecule has 0 aliphatic carbocycles. The largest absolute Gasteiger partial charge is 0.314 e. The average molecular weight is 299 g/mol. The van der Waals surface area contributed by atoms with Crippen LogP contribution in [0.3, 0.4) is 0 Å². The van der Waals surface area contributed by atoms with Crippen molar-refractivity contribution < 1.29 is 0 Å². The third-order valence-corrected chi connectivity index (χ3v) is 4.37. The number of hydrogen-bond donors (Lipinski definition) is 1. The monoisotopic (exact) mass is 299 g/mol. The number of aryl methyl sites for hydroxylation is 1. The second-order valence-corrected chi connectivity index (χ2v) is 6.28. The number of rotatable bonds is 4. The Morgan fingerprint density at radius 1 is 1.32 bits per heavy atom. The lowest BCUT2D eigenvalue weighted by Gasteiger charge is -2.36. The van der Waals surface area contributed by atoms with Gasteiger partial charge in [-0.1, -0.05) is 0 Å². The van der Waals surface area contributed by atoms with E-state index >= 15 is 0 Å². The van der Waals surface area contributed by atoms with Crippen LogP contribution < -0.4 is 5.32 Å². The first-order chi connectivity index (χ1) is 10.6. The maximum absolute atomic E-state index is 4.64. The Bertz CT molecular complexity index is 605. The number of nitrogens with zero attached hydrogens (tertiary/aromatic N) is 4. The van der Waals surface area contributed by atoms with E-state index in [4.69, 9.17) is 0 Å². The van der Waals surface area contributed by atoms with E-state index in [9.17, 15) is 0 Å². The Kier molecular flexibility index (Phi) is 4.55. The molecule has 0 aromatic carbocycles. The van der Waals surface area contributed by atoms with Crippen molar-refractivity contribution in [1.82, 2.24) is 25.0 Å². The molecular weight excluding hydrogens is 274 g/mol. The van der Waals surface area contributed by atoms with Crippen LogP contribution in [0.15, 0.2) is 30.7 Å². The summed E-state index contributed by atoms with van der Waals surface area (Å²) in [6.07, 6.45) is 5.96. The van der Waals surface area contributed by atoms with E-state index in [0.29, 0.717) is 12.1 Å². The Morgan fingerprint density at radius 2 is 2.09 bits per heavy atom. The molecule has 3 rings (SSSR count). The standard InChI is InChI=1S/C17H25N5/c1-13(2)22-12-16(14(3)20-22)11-21-9-8-19-10-17(21)15-4-6-18-7-5-15/h4-7,12-13,17,19H,8-11H2,1-3H3. The van der Waals surface area contributed by atoms with Crippen LogP contribution >= 0.6 is 0 Å². The van der Waals surface area contributed by atoms with Gasteiger partial charge in [-0.3, -0.25) is 14.6 Å². The van der Waals surface area contributed by atoms with Gasteiger partial charge in [0, 0.05) is 62.4 Å². The van der Waals surface area contributed by atoms with Crippen LogP contribution in [-0.2, 0) is 6.54 Å². The van der Waals surface area contributed by atoms with Gasteiger partial charge in [-0.15, -0.1) is 0 Å². The lowest BCUT2D eigenvalue weighted by atomic mass is 10.0. The number of aromatic nitrogens is 3. The topological polar surface area (TPSA) is 46.0 Å². The van der Waals surface area contributed by atoms with E-state index in [1.54, 1.807) is 0 Å². The number of hydrogen-bond acceptors (Lipinski definition) is 4. The molecule has 0 saturated carbocycles. The minimum Gasteiger partial charge on any atom is -0.314 e. The fourth-order valence-electron chi connectivity index (χ4n) is 3.01. The third kappa shape index (κ3) is 3.20. The van der Waals surface area contributed by atoms with Crippen molar-refractivity contribution in [2.75, 3.05) is 19.6 Å². The molecule has 0 bridgehead atoms. The maximum Gasteiger partial charge on any atom is 0.0638 e. The normalized spacial score (nSPS) is 19.7. The smallest absolute Gasteiger partial charge is 0.0638 e. The number of pyridine rings is 1. The molecule has 1 aliphatic heterocycles. The molecule has 1 unspecified atom stereocenters. The van der Waals surface area contributed by atoms with Gasteiger partial charge in [-0.2, -0.15) is 5.10 Å². The summed E-state index contributed by atoms with van der Waals surface area (Å²) in [7, 11) is 0. The predicted octanol–water partition coefficient (Wildman–Crippen LogP) is 2.31. The van der Waals surface area contributed by atoms with Crippen LogP contribution in [0.4, 0.5) is 0 Å². The first kappa shape index (κ1) is 15.2. The van der Waals surface area contributed by atoms with E-state index in [2.05, 4.69) is 64.1 Å². The van der Waals surface area contributed by atoms with Crippen molar-refractivity contribution in [3.8, 4) is 0 Å². The predicted molar refractivity (Wildman–Crippen MR) is 87.6 cm³/mol. The summed E-state index contributed by atoms with van der Waals surface area (Å²) >= 11 is 0. The first-order valence-electron chi connectivity index (χ1n) is 8.04. The average Bonchev–Trinajstić information content (AvgIpc) is 2.90. The zero-order valence-electron chi connectivity index (χ0n) is 13.7. The number of nitrogens with one attached hydrogen (secondary N) is 1. The molecule has 0 spiro atoms. The fraction of sp³-hybridized carbons (Fsp3) is 0.529.